The Labute approximate surface area is 142 Å². The van der Waals surface area contributed by atoms with E-state index in [9.17, 15) is 5.11 Å². The summed E-state index contributed by atoms with van der Waals surface area (Å²) in [6, 6.07) is 12.6. The molecule has 3 N–H and O–H groups in total. The second-order valence-corrected chi connectivity index (χ2v) is 6.95. The minimum absolute atomic E-state index is 0.109. The molecule has 0 fully saturated rings. The van der Waals surface area contributed by atoms with Gasteiger partial charge in [0.15, 0.2) is 0 Å². The number of rotatable bonds is 3. The van der Waals surface area contributed by atoms with Crippen molar-refractivity contribution in [1.82, 2.24) is 15.2 Å². The van der Waals surface area contributed by atoms with E-state index in [0.29, 0.717) is 5.75 Å². The zero-order valence-electron chi connectivity index (χ0n) is 14.4. The second-order valence-electron chi connectivity index (χ2n) is 6.95. The van der Waals surface area contributed by atoms with Gasteiger partial charge >= 0.3 is 0 Å². The highest BCUT2D eigenvalue weighted by atomic mass is 16.3. The standard InChI is InChI=1S/C20H23N3O/c1-12-8-13-10-21-20(15(13)9-18(12)24)19-14-6-4-5-7-16(14)22-17(19)11-23(2)3/h4-9,20-22,24H,10-11H2,1-3H3/t20-/m0/s1. The highest BCUT2D eigenvalue weighted by Crippen LogP contribution is 2.39. The number of phenolic OH excluding ortho intramolecular Hbond substituents is 1. The number of aryl methyl sites for hydroxylation is 1. The molecule has 1 atom stereocenters. The maximum Gasteiger partial charge on any atom is 0.118 e. The zero-order chi connectivity index (χ0) is 16.8. The Kier molecular flexibility index (Phi) is 3.59. The van der Waals surface area contributed by atoms with Gasteiger partial charge in [0.25, 0.3) is 0 Å². The van der Waals surface area contributed by atoms with Gasteiger partial charge in [0.05, 0.1) is 6.04 Å². The first kappa shape index (κ1) is 15.2. The Bertz CT molecular complexity index is 911. The van der Waals surface area contributed by atoms with Crippen molar-refractivity contribution in [2.24, 2.45) is 0 Å². The number of aromatic amines is 1. The van der Waals surface area contributed by atoms with Gasteiger partial charge in [-0.2, -0.15) is 0 Å². The van der Waals surface area contributed by atoms with Crippen LogP contribution >= 0.6 is 0 Å². The maximum atomic E-state index is 10.2. The van der Waals surface area contributed by atoms with Crippen LogP contribution in [0.5, 0.6) is 5.75 Å². The molecule has 2 heterocycles. The van der Waals surface area contributed by atoms with E-state index < -0.39 is 0 Å². The van der Waals surface area contributed by atoms with Crippen molar-refractivity contribution in [3.63, 3.8) is 0 Å². The first-order valence-electron chi connectivity index (χ1n) is 8.34. The van der Waals surface area contributed by atoms with E-state index in [4.69, 9.17) is 0 Å². The van der Waals surface area contributed by atoms with Crippen molar-refractivity contribution in [1.29, 1.82) is 0 Å². The molecule has 24 heavy (non-hydrogen) atoms. The van der Waals surface area contributed by atoms with Gasteiger partial charge in [-0.1, -0.05) is 24.3 Å². The van der Waals surface area contributed by atoms with Crippen LogP contribution in [0.3, 0.4) is 0 Å². The van der Waals surface area contributed by atoms with Gasteiger partial charge in [0, 0.05) is 35.2 Å². The van der Waals surface area contributed by atoms with Crippen molar-refractivity contribution in [3.05, 3.63) is 64.3 Å². The van der Waals surface area contributed by atoms with Crippen molar-refractivity contribution in [2.45, 2.75) is 26.1 Å². The quantitative estimate of drug-likeness (QED) is 0.693. The molecule has 0 amide bonds. The van der Waals surface area contributed by atoms with E-state index in [1.165, 1.54) is 27.8 Å². The summed E-state index contributed by atoms with van der Waals surface area (Å²) in [5, 5.41) is 15.1. The lowest BCUT2D eigenvalue weighted by molar-refractivity contribution is 0.395. The SMILES string of the molecule is Cc1cc2c(cc1O)[C@@H](c1c(CN(C)C)[nH]c3ccccc13)NC2. The number of H-pyrrole nitrogens is 1. The fraction of sp³-hybridized carbons (Fsp3) is 0.300. The smallest absolute Gasteiger partial charge is 0.118 e. The molecular weight excluding hydrogens is 298 g/mol. The van der Waals surface area contributed by atoms with Crippen LogP contribution < -0.4 is 5.32 Å². The molecule has 0 bridgehead atoms. The van der Waals surface area contributed by atoms with Gasteiger partial charge in [-0.05, 0) is 49.8 Å². The van der Waals surface area contributed by atoms with Crippen molar-refractivity contribution in [3.8, 4) is 5.75 Å². The number of para-hydroxylation sites is 1. The number of aromatic nitrogens is 1. The van der Waals surface area contributed by atoms with Crippen LogP contribution in [0.25, 0.3) is 10.9 Å². The average Bonchev–Trinajstić information content (AvgIpc) is 3.07. The minimum atomic E-state index is 0.109. The predicted molar refractivity (Wildman–Crippen MR) is 97.2 cm³/mol. The summed E-state index contributed by atoms with van der Waals surface area (Å²) in [5.41, 5.74) is 7.08. The molecule has 0 aliphatic carbocycles. The zero-order valence-corrected chi connectivity index (χ0v) is 14.4. The molecule has 0 saturated heterocycles. The Morgan fingerprint density at radius 2 is 2.00 bits per heavy atom. The van der Waals surface area contributed by atoms with Crippen LogP contribution in [-0.2, 0) is 13.1 Å². The fourth-order valence-electron chi connectivity index (χ4n) is 3.76. The van der Waals surface area contributed by atoms with E-state index in [-0.39, 0.29) is 6.04 Å². The molecule has 0 spiro atoms. The monoisotopic (exact) mass is 321 g/mol. The summed E-state index contributed by atoms with van der Waals surface area (Å²) in [6.07, 6.45) is 0. The number of phenols is 1. The lowest BCUT2D eigenvalue weighted by atomic mass is 9.94. The Morgan fingerprint density at radius 3 is 2.79 bits per heavy atom. The Balaban J connectivity index is 1.90. The predicted octanol–water partition coefficient (Wildman–Crippen LogP) is 3.44. The number of fused-ring (bicyclic) bond motifs is 2. The number of nitrogens with zero attached hydrogens (tertiary/aromatic N) is 1. The van der Waals surface area contributed by atoms with E-state index in [1.807, 2.05) is 13.0 Å². The molecule has 0 unspecified atom stereocenters. The molecular formula is C20H23N3O. The number of hydrogen-bond donors (Lipinski definition) is 3. The lowest BCUT2D eigenvalue weighted by Gasteiger charge is -2.17. The number of nitrogens with one attached hydrogen (secondary N) is 2. The normalized spacial score (nSPS) is 16.9. The molecule has 3 aromatic rings. The highest BCUT2D eigenvalue weighted by Gasteiger charge is 2.29. The topological polar surface area (TPSA) is 51.3 Å². The summed E-state index contributed by atoms with van der Waals surface area (Å²) in [7, 11) is 4.17. The minimum Gasteiger partial charge on any atom is -0.508 e. The number of benzene rings is 2. The van der Waals surface area contributed by atoms with E-state index >= 15 is 0 Å². The van der Waals surface area contributed by atoms with Crippen LogP contribution in [0, 0.1) is 6.92 Å². The van der Waals surface area contributed by atoms with Crippen LogP contribution in [0.15, 0.2) is 36.4 Å². The lowest BCUT2D eigenvalue weighted by Crippen LogP contribution is -2.18. The van der Waals surface area contributed by atoms with Crippen molar-refractivity contribution >= 4 is 10.9 Å². The number of aromatic hydroxyl groups is 1. The third-order valence-electron chi connectivity index (χ3n) is 4.86. The molecule has 0 saturated carbocycles. The Morgan fingerprint density at radius 1 is 1.21 bits per heavy atom. The maximum absolute atomic E-state index is 10.2. The summed E-state index contributed by atoms with van der Waals surface area (Å²) in [6.45, 7) is 3.64. The van der Waals surface area contributed by atoms with E-state index in [1.54, 1.807) is 0 Å². The molecule has 4 nitrogen and oxygen atoms in total. The third-order valence-corrected chi connectivity index (χ3v) is 4.86. The summed E-state index contributed by atoms with van der Waals surface area (Å²) in [5.74, 6) is 0.372. The summed E-state index contributed by atoms with van der Waals surface area (Å²) >= 11 is 0. The van der Waals surface area contributed by atoms with Gasteiger partial charge < -0.3 is 20.3 Å². The number of hydrogen-bond acceptors (Lipinski definition) is 3. The highest BCUT2D eigenvalue weighted by molar-refractivity contribution is 5.86. The molecule has 1 aliphatic rings. The van der Waals surface area contributed by atoms with E-state index in [2.05, 4.69) is 59.6 Å². The molecule has 4 heteroatoms. The first-order chi connectivity index (χ1) is 11.5. The van der Waals surface area contributed by atoms with Gasteiger partial charge in [0.2, 0.25) is 0 Å². The molecule has 124 valence electrons. The van der Waals surface area contributed by atoms with Crippen LogP contribution in [0.2, 0.25) is 0 Å². The molecule has 1 aliphatic heterocycles. The van der Waals surface area contributed by atoms with Crippen molar-refractivity contribution < 1.29 is 5.11 Å². The second kappa shape index (κ2) is 5.65. The van der Waals surface area contributed by atoms with Crippen LogP contribution in [-0.4, -0.2) is 29.1 Å². The first-order valence-corrected chi connectivity index (χ1v) is 8.34. The summed E-state index contributed by atoms with van der Waals surface area (Å²) in [4.78, 5) is 5.76. The largest absolute Gasteiger partial charge is 0.508 e. The average molecular weight is 321 g/mol. The van der Waals surface area contributed by atoms with Gasteiger partial charge in [-0.3, -0.25) is 0 Å². The van der Waals surface area contributed by atoms with Gasteiger partial charge in [-0.15, -0.1) is 0 Å². The van der Waals surface area contributed by atoms with E-state index in [0.717, 1.165) is 24.2 Å². The fourth-order valence-corrected chi connectivity index (χ4v) is 3.76. The molecule has 4 rings (SSSR count). The summed E-state index contributed by atoms with van der Waals surface area (Å²) < 4.78 is 0. The third kappa shape index (κ3) is 2.39. The molecule has 2 aromatic carbocycles. The van der Waals surface area contributed by atoms with Crippen molar-refractivity contribution in [2.75, 3.05) is 14.1 Å². The van der Waals surface area contributed by atoms with Crippen LogP contribution in [0.1, 0.15) is 34.0 Å². The molecule has 1 aromatic heterocycles. The Hall–Kier alpha value is -2.30. The molecule has 0 radical (unpaired) electrons. The van der Waals surface area contributed by atoms with Gasteiger partial charge in [-0.25, -0.2) is 0 Å². The van der Waals surface area contributed by atoms with Crippen LogP contribution in [0.4, 0.5) is 0 Å². The van der Waals surface area contributed by atoms with Gasteiger partial charge in [0.1, 0.15) is 5.75 Å².